The summed E-state index contributed by atoms with van der Waals surface area (Å²) in [5, 5.41) is 5.82. The smallest absolute Gasteiger partial charge is 0.320 e. The Balaban J connectivity index is 1.62. The molecule has 1 saturated carbocycles. The van der Waals surface area contributed by atoms with Crippen molar-refractivity contribution >= 4 is 11.8 Å². The van der Waals surface area contributed by atoms with Gasteiger partial charge in [-0.3, -0.25) is 5.32 Å². The third-order valence-electron chi connectivity index (χ3n) is 4.49. The maximum atomic E-state index is 12.3. The topological polar surface area (TPSA) is 76.1 Å². The number of rotatable bonds is 5. The molecule has 2 atom stereocenters. The number of amides is 2. The lowest BCUT2D eigenvalue weighted by molar-refractivity contribution is 0.178. The molecule has 1 aliphatic rings. The van der Waals surface area contributed by atoms with Gasteiger partial charge in [0.25, 0.3) is 0 Å². The minimum Gasteiger partial charge on any atom is -0.377 e. The fraction of sp³-hybridized carbons (Fsp3) is 0.389. The van der Waals surface area contributed by atoms with Crippen LogP contribution in [0.4, 0.5) is 10.6 Å². The molecule has 3 rings (SSSR count). The average Bonchev–Trinajstić information content (AvgIpc) is 3.09. The first kappa shape index (κ1) is 16.4. The van der Waals surface area contributed by atoms with Gasteiger partial charge in [0.2, 0.25) is 0 Å². The molecular weight excluding hydrogens is 304 g/mol. The molecule has 1 aromatic carbocycles. The summed E-state index contributed by atoms with van der Waals surface area (Å²) in [5.74, 6) is 1.31. The highest BCUT2D eigenvalue weighted by Crippen LogP contribution is 2.58. The number of carbonyl (C=O) groups is 1. The van der Waals surface area contributed by atoms with E-state index in [0.717, 1.165) is 0 Å². The highest BCUT2D eigenvalue weighted by Gasteiger charge is 2.59. The first-order valence-corrected chi connectivity index (χ1v) is 7.95. The summed E-state index contributed by atoms with van der Waals surface area (Å²) in [4.78, 5) is 20.6. The highest BCUT2D eigenvalue weighted by molar-refractivity contribution is 5.88. The number of ether oxygens (including phenoxy) is 1. The zero-order chi connectivity index (χ0) is 17.2. The molecule has 1 aromatic heterocycles. The van der Waals surface area contributed by atoms with Gasteiger partial charge < -0.3 is 10.1 Å². The minimum atomic E-state index is -0.256. The maximum Gasteiger partial charge on any atom is 0.320 e. The molecule has 126 valence electrons. The van der Waals surface area contributed by atoms with Gasteiger partial charge in [-0.05, 0) is 17.0 Å². The number of aromatic nitrogens is 2. The largest absolute Gasteiger partial charge is 0.377 e. The molecule has 0 spiro atoms. The quantitative estimate of drug-likeness (QED) is 0.886. The van der Waals surface area contributed by atoms with Crippen LogP contribution in [0.2, 0.25) is 0 Å². The molecular formula is C18H22N4O2. The number of carbonyl (C=O) groups excluding carboxylic acids is 1. The van der Waals surface area contributed by atoms with Crippen LogP contribution in [0.5, 0.6) is 0 Å². The summed E-state index contributed by atoms with van der Waals surface area (Å²) in [6.07, 6.45) is 1.60. The second kappa shape index (κ2) is 6.57. The zero-order valence-corrected chi connectivity index (χ0v) is 14.1. The van der Waals surface area contributed by atoms with E-state index in [9.17, 15) is 4.79 Å². The summed E-state index contributed by atoms with van der Waals surface area (Å²) in [7, 11) is 1.58. The lowest BCUT2D eigenvalue weighted by Gasteiger charge is -2.08. The van der Waals surface area contributed by atoms with E-state index in [0.29, 0.717) is 24.2 Å². The third-order valence-corrected chi connectivity index (χ3v) is 4.49. The second-order valence-electron chi connectivity index (χ2n) is 6.58. The molecule has 1 heterocycles. The molecule has 0 unspecified atom stereocenters. The van der Waals surface area contributed by atoms with Crippen molar-refractivity contribution in [2.45, 2.75) is 32.4 Å². The van der Waals surface area contributed by atoms with Crippen LogP contribution in [0.3, 0.4) is 0 Å². The molecule has 2 N–H and O–H groups in total. The van der Waals surface area contributed by atoms with Crippen LogP contribution in [0.15, 0.2) is 42.6 Å². The Morgan fingerprint density at radius 3 is 2.71 bits per heavy atom. The summed E-state index contributed by atoms with van der Waals surface area (Å²) in [6.45, 7) is 4.64. The van der Waals surface area contributed by atoms with Gasteiger partial charge in [-0.1, -0.05) is 44.2 Å². The van der Waals surface area contributed by atoms with Crippen molar-refractivity contribution in [1.29, 1.82) is 0 Å². The molecule has 6 heteroatoms. The van der Waals surface area contributed by atoms with Gasteiger partial charge in [0, 0.05) is 25.3 Å². The van der Waals surface area contributed by atoms with Crippen molar-refractivity contribution < 1.29 is 9.53 Å². The number of hydrogen-bond acceptors (Lipinski definition) is 4. The van der Waals surface area contributed by atoms with Crippen LogP contribution in [-0.2, 0) is 11.3 Å². The van der Waals surface area contributed by atoms with E-state index >= 15 is 0 Å². The Hall–Kier alpha value is -2.47. The van der Waals surface area contributed by atoms with Crippen LogP contribution >= 0.6 is 0 Å². The zero-order valence-electron chi connectivity index (χ0n) is 14.1. The number of benzene rings is 1. The Labute approximate surface area is 141 Å². The Bertz CT molecular complexity index is 718. The highest BCUT2D eigenvalue weighted by atomic mass is 16.5. The summed E-state index contributed by atoms with van der Waals surface area (Å²) in [6, 6.07) is 11.8. The van der Waals surface area contributed by atoms with Crippen LogP contribution in [-0.4, -0.2) is 29.2 Å². The summed E-state index contributed by atoms with van der Waals surface area (Å²) >= 11 is 0. The van der Waals surface area contributed by atoms with Gasteiger partial charge in [-0.2, -0.15) is 0 Å². The van der Waals surface area contributed by atoms with Crippen LogP contribution < -0.4 is 10.6 Å². The number of urea groups is 1. The summed E-state index contributed by atoms with van der Waals surface area (Å²) < 4.78 is 5.00. The SMILES string of the molecule is COCc1nccc(NC(=O)N[C@@H]2[C@@H](c3ccccc3)C2(C)C)n1. The molecule has 0 radical (unpaired) electrons. The van der Waals surface area contributed by atoms with Crippen LogP contribution in [0.25, 0.3) is 0 Å². The summed E-state index contributed by atoms with van der Waals surface area (Å²) in [5.41, 5.74) is 1.28. The van der Waals surface area contributed by atoms with Gasteiger partial charge in [0.1, 0.15) is 12.4 Å². The first-order chi connectivity index (χ1) is 11.5. The Morgan fingerprint density at radius 1 is 1.25 bits per heavy atom. The Morgan fingerprint density at radius 2 is 2.00 bits per heavy atom. The predicted octanol–water partition coefficient (Wildman–Crippen LogP) is 2.94. The van der Waals surface area contributed by atoms with Crippen molar-refractivity contribution in [1.82, 2.24) is 15.3 Å². The molecule has 6 nitrogen and oxygen atoms in total. The predicted molar refractivity (Wildman–Crippen MR) is 91.7 cm³/mol. The van der Waals surface area contributed by atoms with E-state index in [2.05, 4.69) is 46.6 Å². The fourth-order valence-corrected chi connectivity index (χ4v) is 3.15. The minimum absolute atomic E-state index is 0.0333. The number of anilines is 1. The van der Waals surface area contributed by atoms with E-state index < -0.39 is 0 Å². The number of nitrogens with zero attached hydrogens (tertiary/aromatic N) is 2. The molecule has 2 amide bonds. The average molecular weight is 326 g/mol. The fourth-order valence-electron chi connectivity index (χ4n) is 3.15. The normalized spacial score (nSPS) is 21.1. The van der Waals surface area contributed by atoms with E-state index in [-0.39, 0.29) is 17.5 Å². The lowest BCUT2D eigenvalue weighted by Crippen LogP contribution is -2.33. The van der Waals surface area contributed by atoms with E-state index in [1.807, 2.05) is 18.2 Å². The molecule has 1 aliphatic carbocycles. The number of hydrogen-bond donors (Lipinski definition) is 2. The van der Waals surface area contributed by atoms with Crippen molar-refractivity contribution in [3.05, 3.63) is 54.0 Å². The van der Waals surface area contributed by atoms with Gasteiger partial charge >= 0.3 is 6.03 Å². The molecule has 2 aromatic rings. The molecule has 0 saturated heterocycles. The Kier molecular flexibility index (Phi) is 4.49. The molecule has 0 aliphatic heterocycles. The van der Waals surface area contributed by atoms with Gasteiger partial charge in [0.15, 0.2) is 5.82 Å². The monoisotopic (exact) mass is 326 g/mol. The molecule has 0 bridgehead atoms. The van der Waals surface area contributed by atoms with Crippen molar-refractivity contribution in [2.24, 2.45) is 5.41 Å². The lowest BCUT2D eigenvalue weighted by atomic mass is 10.0. The molecule has 1 fully saturated rings. The standard InChI is InChI=1S/C18H22N4O2/c1-18(2)15(12-7-5-4-6-8-12)16(18)22-17(23)21-13-9-10-19-14(20-13)11-24-3/h4-10,15-16H,11H2,1-3H3,(H2,19,20,21,22,23)/t15-,16-/m1/s1. The maximum absolute atomic E-state index is 12.3. The number of methoxy groups -OCH3 is 1. The van der Waals surface area contributed by atoms with Gasteiger partial charge in [0.05, 0.1) is 0 Å². The molecule has 24 heavy (non-hydrogen) atoms. The first-order valence-electron chi connectivity index (χ1n) is 7.95. The third kappa shape index (κ3) is 3.38. The van der Waals surface area contributed by atoms with Crippen molar-refractivity contribution in [3.63, 3.8) is 0 Å². The van der Waals surface area contributed by atoms with Crippen molar-refractivity contribution in [2.75, 3.05) is 12.4 Å². The van der Waals surface area contributed by atoms with Crippen molar-refractivity contribution in [3.8, 4) is 0 Å². The number of nitrogens with one attached hydrogen (secondary N) is 2. The second-order valence-corrected chi connectivity index (χ2v) is 6.58. The van der Waals surface area contributed by atoms with Gasteiger partial charge in [-0.15, -0.1) is 0 Å². The van der Waals surface area contributed by atoms with E-state index in [1.165, 1.54) is 5.56 Å². The van der Waals surface area contributed by atoms with Crippen LogP contribution in [0.1, 0.15) is 31.2 Å². The van der Waals surface area contributed by atoms with E-state index in [1.54, 1.807) is 19.4 Å². The van der Waals surface area contributed by atoms with Gasteiger partial charge in [-0.25, -0.2) is 14.8 Å². The van der Waals surface area contributed by atoms with Crippen LogP contribution in [0, 0.1) is 5.41 Å². The van der Waals surface area contributed by atoms with E-state index in [4.69, 9.17) is 4.74 Å².